The molecule has 20 heteroatoms. The average Bonchev–Trinajstić information content (AvgIpc) is 3.32. The molecular weight excluding hydrogens is 787 g/mol. The summed E-state index contributed by atoms with van der Waals surface area (Å²) in [6.07, 6.45) is 0. The van der Waals surface area contributed by atoms with E-state index in [1.807, 2.05) is 75.4 Å². The summed E-state index contributed by atoms with van der Waals surface area (Å²) in [5.41, 5.74) is -4.84. The molecule has 0 N–H and O–H groups in total. The van der Waals surface area contributed by atoms with Crippen LogP contribution < -0.4 is 4.74 Å². The van der Waals surface area contributed by atoms with E-state index in [1.54, 1.807) is 24.3 Å². The number of aromatic nitrogens is 1. The number of amides is 2. The van der Waals surface area contributed by atoms with E-state index in [1.165, 1.54) is 4.90 Å². The number of hydrogen-bond donors (Lipinski definition) is 0. The van der Waals surface area contributed by atoms with Gasteiger partial charge in [-0.15, -0.1) is 0 Å². The number of rotatable bonds is 5. The Hall–Kier alpha value is -5.44. The van der Waals surface area contributed by atoms with Crippen molar-refractivity contribution >= 4 is 59.8 Å². The number of fused-ring (bicyclic) bond motifs is 3. The smallest absolute Gasteiger partial charge is 0.523 e. The molecule has 2 amide bonds. The van der Waals surface area contributed by atoms with Crippen LogP contribution in [0, 0.1) is 20.8 Å². The highest BCUT2D eigenvalue weighted by Gasteiger charge is 2.46. The molecule has 0 fully saturated rings. The van der Waals surface area contributed by atoms with Gasteiger partial charge in [0.15, 0.2) is 10.1 Å². The van der Waals surface area contributed by atoms with E-state index in [4.69, 9.17) is 22.7 Å². The highest BCUT2D eigenvalue weighted by Crippen LogP contribution is 2.32. The standard InChI is InChI=1S/C32H24N2O4.C2H3F3O3S.CHF3O3S/c1-18-14-19(2)29(20(3)15-18)38-32(37)28-24-10-6-7-11-26(24)33-27-16-21(12-13-25(27)28)17-34-30(35)22-8-4-5-9-23(22)31(34)36;1-8-9(6,7)2(3,4)5;2-1(3,4)8(5,6)7/h4-16H,17H2,1-3H3;1H3;(H,5,6,7)/p-1. The van der Waals surface area contributed by atoms with Gasteiger partial charge in [0.1, 0.15) is 5.75 Å². The molecule has 0 saturated heterocycles. The van der Waals surface area contributed by atoms with Crippen molar-refractivity contribution in [1.82, 2.24) is 9.88 Å². The van der Waals surface area contributed by atoms with Crippen molar-refractivity contribution in [3.05, 3.63) is 118 Å². The highest BCUT2D eigenvalue weighted by atomic mass is 32.2. The Morgan fingerprint density at radius 1 is 0.745 bits per heavy atom. The van der Waals surface area contributed by atoms with Gasteiger partial charge in [-0.25, -0.2) is 18.2 Å². The Bertz CT molecular complexity index is 2500. The van der Waals surface area contributed by atoms with Crippen molar-refractivity contribution in [1.29, 1.82) is 0 Å². The van der Waals surface area contributed by atoms with E-state index in [2.05, 4.69) is 4.18 Å². The molecule has 6 rings (SSSR count). The summed E-state index contributed by atoms with van der Waals surface area (Å²) in [4.78, 5) is 45.4. The minimum absolute atomic E-state index is 0.109. The van der Waals surface area contributed by atoms with Gasteiger partial charge in [-0.05, 0) is 61.7 Å². The SMILES string of the molecule is COS(=O)(=O)C(F)(F)F.Cc1cc(C)c(OC(=O)c2c3ccccc3nc3cc(CN4C(=O)c5ccccc5C4=O)ccc23)c(C)c1.O=S(=O)([O-])C(F)(F)F. The van der Waals surface area contributed by atoms with Crippen LogP contribution in [0.15, 0.2) is 78.9 Å². The quantitative estimate of drug-likeness (QED) is 0.0265. The number of pyridine rings is 1. The van der Waals surface area contributed by atoms with Crippen LogP contribution in [0.4, 0.5) is 26.3 Å². The molecule has 0 unspecified atom stereocenters. The molecule has 0 atom stereocenters. The van der Waals surface area contributed by atoms with Gasteiger partial charge in [-0.2, -0.15) is 34.8 Å². The lowest BCUT2D eigenvalue weighted by Gasteiger charge is -2.16. The first-order chi connectivity index (χ1) is 25.4. The number of imide groups is 1. The van der Waals surface area contributed by atoms with Crippen molar-refractivity contribution < 1.29 is 71.0 Å². The number of benzene rings is 4. The van der Waals surface area contributed by atoms with Gasteiger partial charge in [0.25, 0.3) is 11.8 Å². The maximum absolute atomic E-state index is 13.7. The van der Waals surface area contributed by atoms with Crippen LogP contribution in [-0.2, 0) is 31.0 Å². The van der Waals surface area contributed by atoms with E-state index in [9.17, 15) is 49.1 Å². The van der Waals surface area contributed by atoms with Gasteiger partial charge in [-0.1, -0.05) is 60.2 Å². The first-order valence-corrected chi connectivity index (χ1v) is 18.1. The molecule has 0 radical (unpaired) electrons. The number of aryl methyl sites for hydroxylation is 3. The third-order valence-electron chi connectivity index (χ3n) is 7.75. The molecule has 12 nitrogen and oxygen atoms in total. The molecule has 0 aliphatic carbocycles. The summed E-state index contributed by atoms with van der Waals surface area (Å²) < 4.78 is 121. The van der Waals surface area contributed by atoms with Crippen molar-refractivity contribution in [2.75, 3.05) is 7.11 Å². The summed E-state index contributed by atoms with van der Waals surface area (Å²) in [6.45, 7) is 5.97. The zero-order valence-corrected chi connectivity index (χ0v) is 30.4. The number of hydrogen-bond acceptors (Lipinski definition) is 11. The van der Waals surface area contributed by atoms with Crippen molar-refractivity contribution in [3.63, 3.8) is 0 Å². The third kappa shape index (κ3) is 9.27. The number of para-hydroxylation sites is 1. The maximum atomic E-state index is 13.7. The van der Waals surface area contributed by atoms with Gasteiger partial charge < -0.3 is 9.29 Å². The third-order valence-corrected chi connectivity index (χ3v) is 9.33. The minimum Gasteiger partial charge on any atom is -0.741 e. The topological polar surface area (TPSA) is 177 Å². The van der Waals surface area contributed by atoms with Gasteiger partial charge in [0, 0.05) is 10.8 Å². The molecule has 1 aliphatic heterocycles. The molecule has 0 saturated carbocycles. The fraction of sp³-hybridized carbons (Fsp3) is 0.200. The fourth-order valence-electron chi connectivity index (χ4n) is 5.39. The second-order valence-corrected chi connectivity index (χ2v) is 14.8. The summed E-state index contributed by atoms with van der Waals surface area (Å²) in [7, 11) is -11.0. The number of nitrogens with zero attached hydrogens (tertiary/aromatic N) is 2. The number of carbonyl (C=O) groups excluding carboxylic acids is 3. The predicted octanol–water partition coefficient (Wildman–Crippen LogP) is 6.86. The second-order valence-electron chi connectivity index (χ2n) is 11.7. The number of halogens is 6. The van der Waals surface area contributed by atoms with Crippen LogP contribution in [-0.4, -0.2) is 67.2 Å². The molecule has 4 aromatic carbocycles. The first kappa shape index (κ1) is 42.3. The van der Waals surface area contributed by atoms with Crippen LogP contribution in [0.25, 0.3) is 21.8 Å². The Kier molecular flexibility index (Phi) is 12.1. The molecule has 0 bridgehead atoms. The number of ether oxygens (including phenoxy) is 1. The van der Waals surface area contributed by atoms with E-state index in [0.29, 0.717) is 51.4 Å². The lowest BCUT2D eigenvalue weighted by molar-refractivity contribution is -0.0528. The van der Waals surface area contributed by atoms with E-state index < -0.39 is 37.2 Å². The predicted molar refractivity (Wildman–Crippen MR) is 183 cm³/mol. The monoisotopic (exact) mass is 813 g/mol. The molecule has 292 valence electrons. The van der Waals surface area contributed by atoms with Crippen molar-refractivity contribution in [3.8, 4) is 5.75 Å². The summed E-state index contributed by atoms with van der Waals surface area (Å²) >= 11 is 0. The van der Waals surface area contributed by atoms with E-state index in [0.717, 1.165) is 22.3 Å². The van der Waals surface area contributed by atoms with Crippen LogP contribution in [0.5, 0.6) is 5.75 Å². The molecule has 5 aromatic rings. The average molecular weight is 814 g/mol. The summed E-state index contributed by atoms with van der Waals surface area (Å²) in [5.74, 6) is -0.538. The van der Waals surface area contributed by atoms with E-state index in [-0.39, 0.29) is 18.4 Å². The zero-order chi connectivity index (χ0) is 41.3. The van der Waals surface area contributed by atoms with Crippen molar-refractivity contribution in [2.24, 2.45) is 0 Å². The van der Waals surface area contributed by atoms with Gasteiger partial charge in [-0.3, -0.25) is 18.7 Å². The summed E-state index contributed by atoms with van der Waals surface area (Å²) in [5, 5.41) is 1.34. The molecule has 55 heavy (non-hydrogen) atoms. The van der Waals surface area contributed by atoms with Gasteiger partial charge >= 0.3 is 27.1 Å². The fourth-order valence-corrected chi connectivity index (χ4v) is 5.58. The van der Waals surface area contributed by atoms with Gasteiger partial charge in [0.05, 0.1) is 41.4 Å². The second kappa shape index (κ2) is 15.7. The van der Waals surface area contributed by atoms with Crippen LogP contribution >= 0.6 is 0 Å². The Labute approximate surface area is 309 Å². The lowest BCUT2D eigenvalue weighted by atomic mass is 10.0. The van der Waals surface area contributed by atoms with Crippen LogP contribution in [0.3, 0.4) is 0 Å². The Balaban J connectivity index is 0.000000331. The number of alkyl halides is 6. The van der Waals surface area contributed by atoms with E-state index >= 15 is 0 Å². The molecular formula is C35H27F6N2O10S2-. The minimum atomic E-state index is -6.09. The van der Waals surface area contributed by atoms with Gasteiger partial charge in [0.2, 0.25) is 0 Å². The number of esters is 1. The van der Waals surface area contributed by atoms with Crippen molar-refractivity contribution in [2.45, 2.75) is 38.3 Å². The van der Waals surface area contributed by atoms with Crippen LogP contribution in [0.1, 0.15) is 53.3 Å². The summed E-state index contributed by atoms with van der Waals surface area (Å²) in [6, 6.07) is 23.7. The Morgan fingerprint density at radius 3 is 1.71 bits per heavy atom. The normalized spacial score (nSPS) is 13.2. The van der Waals surface area contributed by atoms with Crippen LogP contribution in [0.2, 0.25) is 0 Å². The molecule has 1 aromatic heterocycles. The molecule has 0 spiro atoms. The molecule has 2 heterocycles. The number of carbonyl (C=O) groups is 3. The largest absolute Gasteiger partial charge is 0.741 e. The highest BCUT2D eigenvalue weighted by molar-refractivity contribution is 7.87. The lowest BCUT2D eigenvalue weighted by Crippen LogP contribution is -2.29. The maximum Gasteiger partial charge on any atom is 0.523 e. The first-order valence-electron chi connectivity index (χ1n) is 15.3. The zero-order valence-electron chi connectivity index (χ0n) is 28.8. The molecule has 1 aliphatic rings. The Morgan fingerprint density at radius 2 is 1.24 bits per heavy atom.